The lowest BCUT2D eigenvalue weighted by molar-refractivity contribution is -0.156. The first kappa shape index (κ1) is 39.7. The molecule has 2 aromatic carbocycles. The van der Waals surface area contributed by atoms with Crippen LogP contribution >= 0.6 is 0 Å². The van der Waals surface area contributed by atoms with Crippen molar-refractivity contribution in [2.75, 3.05) is 75.1 Å². The van der Waals surface area contributed by atoms with Crippen molar-refractivity contribution in [2.45, 2.75) is 51.8 Å². The van der Waals surface area contributed by atoms with E-state index in [0.29, 0.717) is 29.1 Å². The van der Waals surface area contributed by atoms with Crippen molar-refractivity contribution in [1.82, 2.24) is 24.1 Å². The number of rotatable bonds is 11. The van der Waals surface area contributed by atoms with Gasteiger partial charge < -0.3 is 19.5 Å². The first-order chi connectivity index (χ1) is 26.6. The van der Waals surface area contributed by atoms with Gasteiger partial charge in [0, 0.05) is 93.5 Å². The van der Waals surface area contributed by atoms with E-state index in [1.807, 2.05) is 37.6 Å². The Morgan fingerprint density at radius 1 is 0.929 bits per heavy atom. The van der Waals surface area contributed by atoms with Gasteiger partial charge in [-0.05, 0) is 81.8 Å². The molecule has 4 aromatic rings. The summed E-state index contributed by atoms with van der Waals surface area (Å²) in [6, 6.07) is 11.5. The number of alkyl halides is 1. The molecule has 0 aliphatic carbocycles. The molecule has 0 bridgehead atoms. The Hall–Kier alpha value is -4.51. The number of nitrogens with one attached hydrogen (secondary N) is 2. The highest BCUT2D eigenvalue weighted by molar-refractivity contribution is 7.90. The van der Waals surface area contributed by atoms with Gasteiger partial charge in [0.15, 0.2) is 5.82 Å². The second kappa shape index (κ2) is 16.2. The van der Waals surface area contributed by atoms with E-state index in [1.165, 1.54) is 6.20 Å². The summed E-state index contributed by atoms with van der Waals surface area (Å²) in [5, 5.41) is 0.346. The summed E-state index contributed by atoms with van der Waals surface area (Å²) in [5.74, 6) is -3.09. The molecule has 0 spiro atoms. The number of hydrogen-bond acceptors (Lipinski definition) is 9. The molecule has 300 valence electrons. The van der Waals surface area contributed by atoms with Crippen molar-refractivity contribution < 1.29 is 35.9 Å². The molecule has 1 unspecified atom stereocenters. The number of piperidine rings is 1. The standard InChI is InChI=1S/C40H48F3N7O5S/c1-40(2,3)55-35(51)25-48-18-16-47(17-19-48)23-26-10-13-49(14-11-26)30-6-4-27(5-7-30)28-20-31-32(22-45-39(31)44-21-28)38(52)36-33(42)8-9-34(37(36)43)46-56(53,54)50-15-12-29(41)24-50/h4-9,20-22,26,29,46H,10-19,23-25H2,1-3H3,(H,44,45). The number of aromatic nitrogens is 2. The number of hydrogen-bond donors (Lipinski definition) is 2. The number of H-pyrrole nitrogens is 1. The van der Waals surface area contributed by atoms with Crippen molar-refractivity contribution in [1.29, 1.82) is 0 Å². The Labute approximate surface area is 325 Å². The molecule has 5 heterocycles. The van der Waals surface area contributed by atoms with E-state index in [1.54, 1.807) is 12.3 Å². The van der Waals surface area contributed by atoms with Crippen LogP contribution in [0.5, 0.6) is 0 Å². The lowest BCUT2D eigenvalue weighted by Crippen LogP contribution is -2.50. The molecule has 1 atom stereocenters. The lowest BCUT2D eigenvalue weighted by atomic mass is 9.95. The number of carbonyl (C=O) groups is 2. The number of ketones is 1. The number of fused-ring (bicyclic) bond motifs is 1. The number of nitrogens with zero attached hydrogens (tertiary/aromatic N) is 5. The third kappa shape index (κ3) is 9.03. The molecular formula is C40H48F3N7O5S. The van der Waals surface area contributed by atoms with Crippen LogP contribution in [0, 0.1) is 17.6 Å². The zero-order valence-corrected chi connectivity index (χ0v) is 32.7. The fourth-order valence-electron chi connectivity index (χ4n) is 7.72. The van der Waals surface area contributed by atoms with Crippen molar-refractivity contribution in [3.05, 3.63) is 77.6 Å². The molecule has 2 N–H and O–H groups in total. The molecular weight excluding hydrogens is 748 g/mol. The van der Waals surface area contributed by atoms with Crippen LogP contribution in [-0.2, 0) is 19.7 Å². The number of piperazine rings is 1. The minimum absolute atomic E-state index is 0.0118. The van der Waals surface area contributed by atoms with E-state index in [0.717, 1.165) is 86.3 Å². The Bertz CT molecular complexity index is 2180. The van der Waals surface area contributed by atoms with Gasteiger partial charge in [-0.2, -0.15) is 12.7 Å². The van der Waals surface area contributed by atoms with Gasteiger partial charge >= 0.3 is 16.2 Å². The average molecular weight is 796 g/mol. The summed E-state index contributed by atoms with van der Waals surface area (Å²) in [4.78, 5) is 40.3. The lowest BCUT2D eigenvalue weighted by Gasteiger charge is -2.39. The van der Waals surface area contributed by atoms with E-state index in [4.69, 9.17) is 4.74 Å². The molecule has 3 aliphatic rings. The molecule has 3 fully saturated rings. The molecule has 2 aromatic heterocycles. The number of benzene rings is 2. The number of anilines is 2. The Morgan fingerprint density at radius 2 is 1.62 bits per heavy atom. The maximum absolute atomic E-state index is 15.7. The molecule has 16 heteroatoms. The maximum atomic E-state index is 15.7. The summed E-state index contributed by atoms with van der Waals surface area (Å²) in [5.41, 5.74) is 0.930. The van der Waals surface area contributed by atoms with Crippen LogP contribution in [0.4, 0.5) is 24.5 Å². The highest BCUT2D eigenvalue weighted by Crippen LogP contribution is 2.32. The molecule has 3 saturated heterocycles. The fourth-order valence-corrected chi connectivity index (χ4v) is 8.99. The van der Waals surface area contributed by atoms with Crippen LogP contribution in [-0.4, -0.2) is 121 Å². The number of aromatic amines is 1. The van der Waals surface area contributed by atoms with Crippen LogP contribution in [0.2, 0.25) is 0 Å². The van der Waals surface area contributed by atoms with Crippen molar-refractivity contribution in [2.24, 2.45) is 5.92 Å². The van der Waals surface area contributed by atoms with Gasteiger partial charge in [0.05, 0.1) is 17.8 Å². The van der Waals surface area contributed by atoms with Gasteiger partial charge in [0.2, 0.25) is 5.78 Å². The van der Waals surface area contributed by atoms with Gasteiger partial charge in [0.25, 0.3) is 0 Å². The molecule has 56 heavy (non-hydrogen) atoms. The number of pyridine rings is 1. The maximum Gasteiger partial charge on any atom is 0.320 e. The molecule has 3 aliphatic heterocycles. The van der Waals surface area contributed by atoms with E-state index < -0.39 is 50.7 Å². The van der Waals surface area contributed by atoms with E-state index in [9.17, 15) is 22.4 Å². The molecule has 0 saturated carbocycles. The summed E-state index contributed by atoms with van der Waals surface area (Å²) in [7, 11) is -4.34. The SMILES string of the molecule is CC(C)(C)OC(=O)CN1CCN(CC2CCN(c3ccc(-c4cnc5[nH]cc(C(=O)c6c(F)ccc(NS(=O)(=O)N7CCC(F)C7)c6F)c5c4)cc3)CC2)CC1. The Morgan fingerprint density at radius 3 is 2.29 bits per heavy atom. The van der Waals surface area contributed by atoms with Crippen molar-refractivity contribution >= 4 is 44.4 Å². The number of halogens is 3. The first-order valence-electron chi connectivity index (χ1n) is 19.1. The van der Waals surface area contributed by atoms with E-state index >= 15 is 8.78 Å². The average Bonchev–Trinajstić information content (AvgIpc) is 3.80. The molecule has 0 amide bonds. The third-order valence-electron chi connectivity index (χ3n) is 10.7. The van der Waals surface area contributed by atoms with E-state index in [2.05, 4.69) is 36.8 Å². The minimum Gasteiger partial charge on any atom is -0.459 e. The van der Waals surface area contributed by atoms with Gasteiger partial charge in [-0.1, -0.05) is 12.1 Å². The largest absolute Gasteiger partial charge is 0.459 e. The second-order valence-electron chi connectivity index (χ2n) is 15.9. The zero-order chi connectivity index (χ0) is 39.8. The topological polar surface area (TPSA) is 131 Å². The van der Waals surface area contributed by atoms with Crippen molar-refractivity contribution in [3.8, 4) is 11.1 Å². The van der Waals surface area contributed by atoms with Crippen LogP contribution in [0.1, 0.15) is 56.0 Å². The second-order valence-corrected chi connectivity index (χ2v) is 17.6. The fraction of sp³-hybridized carbons (Fsp3) is 0.475. The third-order valence-corrected chi connectivity index (χ3v) is 12.2. The summed E-state index contributed by atoms with van der Waals surface area (Å²) >= 11 is 0. The summed E-state index contributed by atoms with van der Waals surface area (Å²) < 4.78 is 78.3. The number of ether oxygens (including phenoxy) is 1. The number of carbonyl (C=O) groups excluding carboxylic acids is 2. The summed E-state index contributed by atoms with van der Waals surface area (Å²) in [6.07, 6.45) is 3.81. The van der Waals surface area contributed by atoms with Gasteiger partial charge in [-0.25, -0.2) is 18.2 Å². The Balaban J connectivity index is 0.965. The smallest absolute Gasteiger partial charge is 0.320 e. The van der Waals surface area contributed by atoms with Gasteiger partial charge in [-0.15, -0.1) is 0 Å². The predicted molar refractivity (Wildman–Crippen MR) is 209 cm³/mol. The monoisotopic (exact) mass is 795 g/mol. The highest BCUT2D eigenvalue weighted by atomic mass is 32.2. The highest BCUT2D eigenvalue weighted by Gasteiger charge is 2.33. The molecule has 0 radical (unpaired) electrons. The Kier molecular flexibility index (Phi) is 11.5. The predicted octanol–water partition coefficient (Wildman–Crippen LogP) is 5.62. The molecule has 12 nitrogen and oxygen atoms in total. The minimum atomic E-state index is -4.34. The number of esters is 1. The normalized spacial score (nSPS) is 19.5. The van der Waals surface area contributed by atoms with Gasteiger partial charge in [0.1, 0.15) is 23.2 Å². The quantitative estimate of drug-likeness (QED) is 0.147. The zero-order valence-electron chi connectivity index (χ0n) is 31.9. The van der Waals surface area contributed by atoms with Crippen molar-refractivity contribution in [3.63, 3.8) is 0 Å². The van der Waals surface area contributed by atoms with Crippen LogP contribution in [0.3, 0.4) is 0 Å². The van der Waals surface area contributed by atoms with Crippen LogP contribution in [0.15, 0.2) is 54.9 Å². The summed E-state index contributed by atoms with van der Waals surface area (Å²) in [6.45, 7) is 12.1. The molecule has 7 rings (SSSR count). The van der Waals surface area contributed by atoms with Crippen LogP contribution < -0.4 is 9.62 Å². The first-order valence-corrected chi connectivity index (χ1v) is 20.5. The van der Waals surface area contributed by atoms with Gasteiger partial charge in [-0.3, -0.25) is 19.2 Å². The van der Waals surface area contributed by atoms with Crippen LogP contribution in [0.25, 0.3) is 22.2 Å². The van der Waals surface area contributed by atoms with E-state index in [-0.39, 0.29) is 31.0 Å².